The van der Waals surface area contributed by atoms with Gasteiger partial charge in [-0.15, -0.1) is 0 Å². The Morgan fingerprint density at radius 3 is 2.96 bits per heavy atom. The maximum atomic E-state index is 11.9. The van der Waals surface area contributed by atoms with E-state index in [2.05, 4.69) is 26.9 Å². The Morgan fingerprint density at radius 1 is 1.33 bits per heavy atom. The molecular formula is C20H21N5O2. The molecule has 138 valence electrons. The van der Waals surface area contributed by atoms with Crippen LogP contribution in [-0.2, 0) is 17.8 Å². The molecule has 1 amide bonds. The minimum atomic E-state index is -0.210. The van der Waals surface area contributed by atoms with Gasteiger partial charge in [-0.2, -0.15) is 10.2 Å². The predicted octanol–water partition coefficient (Wildman–Crippen LogP) is 2.33. The Bertz CT molecular complexity index is 1010. The molecule has 0 spiro atoms. The highest BCUT2D eigenvalue weighted by molar-refractivity contribution is 5.87. The summed E-state index contributed by atoms with van der Waals surface area (Å²) in [5.41, 5.74) is 9.52. The average Bonchev–Trinajstić information content (AvgIpc) is 3.47. The summed E-state index contributed by atoms with van der Waals surface area (Å²) in [5.74, 6) is 1.82. The van der Waals surface area contributed by atoms with Gasteiger partial charge in [-0.3, -0.25) is 4.79 Å². The van der Waals surface area contributed by atoms with Crippen LogP contribution in [-0.4, -0.2) is 32.3 Å². The smallest absolute Gasteiger partial charge is 0.221 e. The van der Waals surface area contributed by atoms with E-state index in [1.165, 1.54) is 0 Å². The normalized spacial score (nSPS) is 17.3. The van der Waals surface area contributed by atoms with Gasteiger partial charge in [0.2, 0.25) is 5.91 Å². The first kappa shape index (κ1) is 16.2. The molecule has 27 heavy (non-hydrogen) atoms. The number of aryl methyl sites for hydroxylation is 1. The number of nitrogens with zero attached hydrogens (tertiary/aromatic N) is 4. The standard InChI is InChI=1S/C20H21N5O2/c21-19(26)15(13-2-3-13)8-12-9-16-18-17(10-12)27-7-1-6-25(18)20(24-16)14-4-5-22-23-11-14/h4-5,9-11,13,15H,1-3,6-8H2,(H2,21,26)/t15-/m0/s1. The van der Waals surface area contributed by atoms with Gasteiger partial charge in [0, 0.05) is 18.0 Å². The van der Waals surface area contributed by atoms with Crippen molar-refractivity contribution < 1.29 is 9.53 Å². The lowest BCUT2D eigenvalue weighted by atomic mass is 9.94. The van der Waals surface area contributed by atoms with Gasteiger partial charge < -0.3 is 15.0 Å². The Balaban J connectivity index is 1.62. The third-order valence-corrected chi connectivity index (χ3v) is 5.50. The summed E-state index contributed by atoms with van der Waals surface area (Å²) in [6.07, 6.45) is 7.14. The molecule has 1 aliphatic carbocycles. The number of aromatic nitrogens is 4. The summed E-state index contributed by atoms with van der Waals surface area (Å²) in [6, 6.07) is 6.04. The number of nitrogens with two attached hydrogens (primary N) is 1. The maximum Gasteiger partial charge on any atom is 0.221 e. The number of imidazole rings is 1. The van der Waals surface area contributed by atoms with Gasteiger partial charge in [0.15, 0.2) is 0 Å². The molecule has 1 fully saturated rings. The molecule has 2 aliphatic rings. The van der Waals surface area contributed by atoms with Gasteiger partial charge in [0.05, 0.1) is 24.5 Å². The van der Waals surface area contributed by atoms with Crippen molar-refractivity contribution in [3.05, 3.63) is 36.2 Å². The van der Waals surface area contributed by atoms with Crippen LogP contribution in [0.3, 0.4) is 0 Å². The molecule has 0 radical (unpaired) electrons. The van der Waals surface area contributed by atoms with Crippen molar-refractivity contribution in [1.82, 2.24) is 19.7 Å². The van der Waals surface area contributed by atoms with Crippen molar-refractivity contribution in [2.24, 2.45) is 17.6 Å². The second-order valence-corrected chi connectivity index (χ2v) is 7.43. The molecule has 3 aromatic rings. The fraction of sp³-hybridized carbons (Fsp3) is 0.400. The number of hydrogen-bond acceptors (Lipinski definition) is 5. The minimum absolute atomic E-state index is 0.105. The van der Waals surface area contributed by atoms with Gasteiger partial charge >= 0.3 is 0 Å². The van der Waals surface area contributed by atoms with E-state index in [-0.39, 0.29) is 11.8 Å². The third kappa shape index (κ3) is 2.93. The summed E-state index contributed by atoms with van der Waals surface area (Å²) < 4.78 is 8.22. The summed E-state index contributed by atoms with van der Waals surface area (Å²) in [5, 5.41) is 7.85. The van der Waals surface area contributed by atoms with E-state index in [4.69, 9.17) is 15.5 Å². The van der Waals surface area contributed by atoms with Crippen LogP contribution in [0.4, 0.5) is 0 Å². The fourth-order valence-electron chi connectivity index (χ4n) is 4.03. The van der Waals surface area contributed by atoms with Crippen LogP contribution in [0.15, 0.2) is 30.6 Å². The van der Waals surface area contributed by atoms with Crippen LogP contribution in [0.1, 0.15) is 24.8 Å². The first-order valence-corrected chi connectivity index (χ1v) is 9.43. The molecular weight excluding hydrogens is 342 g/mol. The number of ether oxygens (including phenoxy) is 1. The SMILES string of the molecule is NC(=O)[C@@H](Cc1cc2c3c(c1)nc(-c1ccnnc1)n3CCCO2)C1CC1. The van der Waals surface area contributed by atoms with Crippen LogP contribution in [0.25, 0.3) is 22.4 Å². The lowest BCUT2D eigenvalue weighted by Gasteiger charge is -2.13. The summed E-state index contributed by atoms with van der Waals surface area (Å²) in [4.78, 5) is 16.7. The topological polar surface area (TPSA) is 95.9 Å². The van der Waals surface area contributed by atoms with E-state index >= 15 is 0 Å². The Morgan fingerprint density at radius 2 is 2.22 bits per heavy atom. The van der Waals surface area contributed by atoms with Crippen LogP contribution < -0.4 is 10.5 Å². The Hall–Kier alpha value is -2.96. The molecule has 0 bridgehead atoms. The predicted molar refractivity (Wildman–Crippen MR) is 100.0 cm³/mol. The molecule has 1 aromatic carbocycles. The van der Waals surface area contributed by atoms with E-state index < -0.39 is 0 Å². The van der Waals surface area contributed by atoms with Crippen molar-refractivity contribution in [3.63, 3.8) is 0 Å². The summed E-state index contributed by atoms with van der Waals surface area (Å²) >= 11 is 0. The second kappa shape index (κ2) is 6.33. The molecule has 2 aromatic heterocycles. The van der Waals surface area contributed by atoms with Gasteiger partial charge in [-0.25, -0.2) is 4.98 Å². The molecule has 2 N–H and O–H groups in total. The number of amides is 1. The lowest BCUT2D eigenvalue weighted by molar-refractivity contribution is -0.122. The van der Waals surface area contributed by atoms with Crippen LogP contribution in [0, 0.1) is 11.8 Å². The molecule has 1 saturated carbocycles. The zero-order valence-corrected chi connectivity index (χ0v) is 15.0. The van der Waals surface area contributed by atoms with E-state index in [1.54, 1.807) is 12.4 Å². The minimum Gasteiger partial charge on any atom is -0.491 e. The van der Waals surface area contributed by atoms with Crippen molar-refractivity contribution in [2.45, 2.75) is 32.2 Å². The largest absolute Gasteiger partial charge is 0.491 e. The van der Waals surface area contributed by atoms with Gasteiger partial charge in [0.25, 0.3) is 0 Å². The van der Waals surface area contributed by atoms with E-state index in [0.29, 0.717) is 18.9 Å². The number of rotatable bonds is 5. The molecule has 7 heteroatoms. The van der Waals surface area contributed by atoms with E-state index in [0.717, 1.165) is 59.5 Å². The van der Waals surface area contributed by atoms with Crippen molar-refractivity contribution in [2.75, 3.05) is 6.61 Å². The molecule has 5 rings (SSSR count). The monoisotopic (exact) mass is 363 g/mol. The van der Waals surface area contributed by atoms with Crippen molar-refractivity contribution >= 4 is 16.9 Å². The highest BCUT2D eigenvalue weighted by Crippen LogP contribution is 2.40. The second-order valence-electron chi connectivity index (χ2n) is 7.43. The van der Waals surface area contributed by atoms with E-state index in [1.807, 2.05) is 6.07 Å². The van der Waals surface area contributed by atoms with Crippen molar-refractivity contribution in [3.8, 4) is 17.1 Å². The number of benzene rings is 1. The van der Waals surface area contributed by atoms with Gasteiger partial charge in [-0.05, 0) is 55.4 Å². The van der Waals surface area contributed by atoms with Crippen LogP contribution >= 0.6 is 0 Å². The molecule has 0 unspecified atom stereocenters. The molecule has 1 atom stereocenters. The van der Waals surface area contributed by atoms with Gasteiger partial charge in [-0.1, -0.05) is 0 Å². The summed E-state index contributed by atoms with van der Waals surface area (Å²) in [6.45, 7) is 1.50. The quantitative estimate of drug-likeness (QED) is 0.750. The maximum absolute atomic E-state index is 11.9. The van der Waals surface area contributed by atoms with Crippen LogP contribution in [0.2, 0.25) is 0 Å². The number of carbonyl (C=O) groups excluding carboxylic acids is 1. The molecule has 3 heterocycles. The van der Waals surface area contributed by atoms with Crippen molar-refractivity contribution in [1.29, 1.82) is 0 Å². The average molecular weight is 363 g/mol. The first-order valence-electron chi connectivity index (χ1n) is 9.43. The fourth-order valence-corrected chi connectivity index (χ4v) is 4.03. The Kier molecular flexibility index (Phi) is 3.81. The highest BCUT2D eigenvalue weighted by atomic mass is 16.5. The first-order chi connectivity index (χ1) is 13.2. The Labute approximate surface area is 156 Å². The number of carbonyl (C=O) groups is 1. The number of primary amides is 1. The summed E-state index contributed by atoms with van der Waals surface area (Å²) in [7, 11) is 0. The van der Waals surface area contributed by atoms with Crippen LogP contribution in [0.5, 0.6) is 5.75 Å². The molecule has 1 aliphatic heterocycles. The lowest BCUT2D eigenvalue weighted by Crippen LogP contribution is -2.26. The van der Waals surface area contributed by atoms with Gasteiger partial charge in [0.1, 0.15) is 17.1 Å². The third-order valence-electron chi connectivity index (χ3n) is 5.50. The van der Waals surface area contributed by atoms with E-state index in [9.17, 15) is 4.79 Å². The zero-order chi connectivity index (χ0) is 18.4. The highest BCUT2D eigenvalue weighted by Gasteiger charge is 2.35. The number of hydrogen-bond donors (Lipinski definition) is 1. The zero-order valence-electron chi connectivity index (χ0n) is 15.0. The molecule has 7 nitrogen and oxygen atoms in total. The molecule has 0 saturated heterocycles.